The number of nitrogens with zero attached hydrogens (tertiary/aromatic N) is 1. The Morgan fingerprint density at radius 1 is 1.39 bits per heavy atom. The molecule has 1 aliphatic heterocycles. The van der Waals surface area contributed by atoms with Crippen LogP contribution < -0.4 is 20.7 Å². The lowest BCUT2D eigenvalue weighted by molar-refractivity contribution is -0.136. The number of ether oxygens (including phenoxy) is 2. The lowest BCUT2D eigenvalue weighted by Gasteiger charge is -2.14. The van der Waals surface area contributed by atoms with Gasteiger partial charge in [-0.2, -0.15) is 0 Å². The van der Waals surface area contributed by atoms with E-state index in [1.165, 1.54) is 16.2 Å². The van der Waals surface area contributed by atoms with E-state index in [1.807, 2.05) is 12.1 Å². The van der Waals surface area contributed by atoms with Crippen molar-refractivity contribution < 1.29 is 24.2 Å². The first-order valence-electron chi connectivity index (χ1n) is 8.47. The minimum atomic E-state index is -0.927. The molecule has 2 aromatic rings. The van der Waals surface area contributed by atoms with Crippen molar-refractivity contribution in [2.75, 3.05) is 18.1 Å². The predicted octanol–water partition coefficient (Wildman–Crippen LogP) is 1.76. The Kier molecular flexibility index (Phi) is 5.99. The zero-order valence-corrected chi connectivity index (χ0v) is 15.7. The van der Waals surface area contributed by atoms with Crippen molar-refractivity contribution in [1.82, 2.24) is 5.32 Å². The third-order valence-electron chi connectivity index (χ3n) is 4.07. The standard InChI is InChI=1S/C18H20N4O5S/c19-17(20)21-6-11-1-3-13(4-2-11)22-7-14(27-18(22)25)8-26-15-10-28-9-12(15)5-16(23)24/h1-4,9-10,14H,5-8H2,(H,23,24)(H4,19,20,21). The van der Waals surface area contributed by atoms with Crippen molar-refractivity contribution in [2.24, 2.45) is 5.73 Å². The minimum Gasteiger partial charge on any atom is -0.488 e. The van der Waals surface area contributed by atoms with Crippen LogP contribution in [0.15, 0.2) is 35.0 Å². The first-order chi connectivity index (χ1) is 13.4. The summed E-state index contributed by atoms with van der Waals surface area (Å²) >= 11 is 1.36. The van der Waals surface area contributed by atoms with Crippen LogP contribution >= 0.6 is 11.3 Å². The SMILES string of the molecule is N=C(N)NCc1ccc(N2CC(COc3cscc3CC(=O)O)OC2=O)cc1. The highest BCUT2D eigenvalue weighted by Gasteiger charge is 2.33. The third kappa shape index (κ3) is 4.92. The van der Waals surface area contributed by atoms with Gasteiger partial charge in [0.1, 0.15) is 12.4 Å². The number of carbonyl (C=O) groups is 2. The molecule has 148 valence electrons. The molecule has 0 bridgehead atoms. The number of carboxylic acids is 1. The van der Waals surface area contributed by atoms with Gasteiger partial charge in [-0.05, 0) is 23.1 Å². The lowest BCUT2D eigenvalue weighted by Crippen LogP contribution is -2.29. The van der Waals surface area contributed by atoms with Crippen LogP contribution in [-0.2, 0) is 22.5 Å². The minimum absolute atomic E-state index is 0.104. The van der Waals surface area contributed by atoms with E-state index in [2.05, 4.69) is 5.32 Å². The summed E-state index contributed by atoms with van der Waals surface area (Å²) in [6.45, 7) is 0.907. The van der Waals surface area contributed by atoms with E-state index in [0.29, 0.717) is 30.1 Å². The fourth-order valence-electron chi connectivity index (χ4n) is 2.72. The molecular formula is C18H20N4O5S. The Hall–Kier alpha value is -3.27. The van der Waals surface area contributed by atoms with Crippen molar-refractivity contribution >= 4 is 35.0 Å². The summed E-state index contributed by atoms with van der Waals surface area (Å²) in [6, 6.07) is 7.27. The number of nitrogens with two attached hydrogens (primary N) is 1. The van der Waals surface area contributed by atoms with Crippen LogP contribution in [0, 0.1) is 5.41 Å². The van der Waals surface area contributed by atoms with Crippen molar-refractivity contribution in [3.8, 4) is 5.75 Å². The third-order valence-corrected chi connectivity index (χ3v) is 4.84. The highest BCUT2D eigenvalue weighted by Crippen LogP contribution is 2.26. The summed E-state index contributed by atoms with van der Waals surface area (Å²) in [7, 11) is 0. The first-order valence-corrected chi connectivity index (χ1v) is 9.41. The van der Waals surface area contributed by atoms with Gasteiger partial charge in [0.2, 0.25) is 0 Å². The second-order valence-electron chi connectivity index (χ2n) is 6.19. The highest BCUT2D eigenvalue weighted by molar-refractivity contribution is 7.08. The summed E-state index contributed by atoms with van der Waals surface area (Å²) in [5, 5.41) is 22.3. The molecule has 1 aromatic carbocycles. The Labute approximate surface area is 165 Å². The maximum atomic E-state index is 12.2. The zero-order valence-electron chi connectivity index (χ0n) is 14.9. The van der Waals surface area contributed by atoms with Gasteiger partial charge in [-0.1, -0.05) is 12.1 Å². The fourth-order valence-corrected chi connectivity index (χ4v) is 3.50. The van der Waals surface area contributed by atoms with Gasteiger partial charge in [-0.25, -0.2) is 4.79 Å². The Bertz CT molecular complexity index is 867. The van der Waals surface area contributed by atoms with E-state index in [0.717, 1.165) is 5.56 Å². The molecule has 1 saturated heterocycles. The smallest absolute Gasteiger partial charge is 0.414 e. The van der Waals surface area contributed by atoms with Crippen molar-refractivity contribution in [1.29, 1.82) is 5.41 Å². The van der Waals surface area contributed by atoms with Gasteiger partial charge in [0.15, 0.2) is 12.1 Å². The molecule has 2 heterocycles. The normalized spacial score (nSPS) is 15.9. The molecule has 0 radical (unpaired) electrons. The van der Waals surface area contributed by atoms with E-state index in [9.17, 15) is 9.59 Å². The summed E-state index contributed by atoms with van der Waals surface area (Å²) in [5.41, 5.74) is 7.49. The number of anilines is 1. The van der Waals surface area contributed by atoms with E-state index >= 15 is 0 Å². The molecule has 1 amide bonds. The number of benzene rings is 1. The predicted molar refractivity (Wildman–Crippen MR) is 104 cm³/mol. The number of carbonyl (C=O) groups excluding carboxylic acids is 1. The van der Waals surface area contributed by atoms with Gasteiger partial charge < -0.3 is 25.6 Å². The second kappa shape index (κ2) is 8.61. The highest BCUT2D eigenvalue weighted by atomic mass is 32.1. The average Bonchev–Trinajstić information content (AvgIpc) is 3.24. The van der Waals surface area contributed by atoms with Crippen LogP contribution in [0.4, 0.5) is 10.5 Å². The molecule has 1 unspecified atom stereocenters. The lowest BCUT2D eigenvalue weighted by atomic mass is 10.2. The monoisotopic (exact) mass is 404 g/mol. The zero-order chi connectivity index (χ0) is 20.1. The van der Waals surface area contributed by atoms with Crippen molar-refractivity contribution in [3.63, 3.8) is 0 Å². The number of amides is 1. The van der Waals surface area contributed by atoms with Crippen molar-refractivity contribution in [3.05, 3.63) is 46.2 Å². The number of rotatable bonds is 8. The van der Waals surface area contributed by atoms with E-state index < -0.39 is 18.2 Å². The van der Waals surface area contributed by atoms with Crippen molar-refractivity contribution in [2.45, 2.75) is 19.1 Å². The molecular weight excluding hydrogens is 384 g/mol. The van der Waals surface area contributed by atoms with Gasteiger partial charge in [0.05, 0.1) is 13.0 Å². The number of hydrogen-bond acceptors (Lipinski definition) is 6. The molecule has 0 spiro atoms. The first kappa shape index (κ1) is 19.5. The van der Waals surface area contributed by atoms with Crippen LogP contribution in [0.2, 0.25) is 0 Å². The van der Waals surface area contributed by atoms with Gasteiger partial charge >= 0.3 is 12.1 Å². The number of cyclic esters (lactones) is 1. The van der Waals surface area contributed by atoms with Crippen LogP contribution in [0.3, 0.4) is 0 Å². The van der Waals surface area contributed by atoms with E-state index in [1.54, 1.807) is 22.9 Å². The molecule has 1 fully saturated rings. The summed E-state index contributed by atoms with van der Waals surface area (Å²) in [4.78, 5) is 24.6. The van der Waals surface area contributed by atoms with Crippen LogP contribution in [-0.4, -0.2) is 42.4 Å². The number of hydrogen-bond donors (Lipinski definition) is 4. The molecule has 1 aromatic heterocycles. The molecule has 10 heteroatoms. The van der Waals surface area contributed by atoms with Gasteiger partial charge in [0, 0.05) is 23.2 Å². The Balaban J connectivity index is 1.56. The number of guanidine groups is 1. The molecule has 0 aliphatic carbocycles. The van der Waals surface area contributed by atoms with E-state index in [-0.39, 0.29) is 19.0 Å². The van der Waals surface area contributed by atoms with Gasteiger partial charge in [-0.15, -0.1) is 11.3 Å². The van der Waals surface area contributed by atoms with Crippen LogP contribution in [0.5, 0.6) is 5.75 Å². The quantitative estimate of drug-likeness (QED) is 0.388. The number of carboxylic acid groups (broad SMARTS) is 1. The molecule has 1 atom stereocenters. The number of thiophene rings is 1. The number of nitrogens with one attached hydrogen (secondary N) is 2. The molecule has 3 rings (SSSR count). The fraction of sp³-hybridized carbons (Fsp3) is 0.278. The molecule has 5 N–H and O–H groups in total. The maximum absolute atomic E-state index is 12.2. The molecule has 9 nitrogen and oxygen atoms in total. The topological polar surface area (TPSA) is 138 Å². The van der Waals surface area contributed by atoms with Gasteiger partial charge in [0.25, 0.3) is 0 Å². The van der Waals surface area contributed by atoms with Crippen LogP contribution in [0.25, 0.3) is 0 Å². The van der Waals surface area contributed by atoms with E-state index in [4.69, 9.17) is 25.7 Å². The molecule has 0 saturated carbocycles. The Morgan fingerprint density at radius 2 is 2.14 bits per heavy atom. The summed E-state index contributed by atoms with van der Waals surface area (Å²) in [6.07, 6.45) is -1.02. The second-order valence-corrected chi connectivity index (χ2v) is 6.94. The summed E-state index contributed by atoms with van der Waals surface area (Å²) in [5.74, 6) is -0.528. The molecule has 28 heavy (non-hydrogen) atoms. The maximum Gasteiger partial charge on any atom is 0.414 e. The van der Waals surface area contributed by atoms with Crippen LogP contribution in [0.1, 0.15) is 11.1 Å². The Morgan fingerprint density at radius 3 is 2.82 bits per heavy atom. The largest absolute Gasteiger partial charge is 0.488 e. The van der Waals surface area contributed by atoms with Gasteiger partial charge in [-0.3, -0.25) is 15.1 Å². The average molecular weight is 404 g/mol. The summed E-state index contributed by atoms with van der Waals surface area (Å²) < 4.78 is 11.0. The number of aliphatic carboxylic acids is 1. The molecule has 1 aliphatic rings.